The van der Waals surface area contributed by atoms with Crippen LogP contribution in [-0.2, 0) is 20.5 Å². The van der Waals surface area contributed by atoms with Gasteiger partial charge in [0.2, 0.25) is 0 Å². The van der Waals surface area contributed by atoms with Gasteiger partial charge < -0.3 is 10.1 Å². The van der Waals surface area contributed by atoms with Gasteiger partial charge in [-0.2, -0.15) is 13.2 Å². The van der Waals surface area contributed by atoms with Crippen molar-refractivity contribution in [3.8, 4) is 0 Å². The van der Waals surface area contributed by atoms with Crippen molar-refractivity contribution in [2.45, 2.75) is 19.2 Å². The minimum absolute atomic E-state index is 0.0367. The van der Waals surface area contributed by atoms with Crippen LogP contribution in [0.2, 0.25) is 0 Å². The van der Waals surface area contributed by atoms with E-state index >= 15 is 0 Å². The Kier molecular flexibility index (Phi) is 6.73. The summed E-state index contributed by atoms with van der Waals surface area (Å²) < 4.78 is 43.8. The smallest absolute Gasteiger partial charge is 0.416 e. The van der Waals surface area contributed by atoms with E-state index in [1.54, 1.807) is 18.2 Å². The van der Waals surface area contributed by atoms with E-state index in [0.717, 1.165) is 17.0 Å². The minimum atomic E-state index is -4.53. The molecule has 30 heavy (non-hydrogen) atoms. The first-order valence-electron chi connectivity index (χ1n) is 8.72. The Morgan fingerprint density at radius 2 is 1.80 bits per heavy atom. The molecular formula is C21H16F3NO3S2. The van der Waals surface area contributed by atoms with Crippen molar-refractivity contribution in [2.75, 3.05) is 5.32 Å². The fraction of sp³-hybridized carbons (Fsp3) is 0.143. The van der Waals surface area contributed by atoms with Crippen LogP contribution < -0.4 is 5.32 Å². The number of anilines is 1. The molecule has 0 fully saturated rings. The third-order valence-electron chi connectivity index (χ3n) is 3.95. The van der Waals surface area contributed by atoms with E-state index in [0.29, 0.717) is 10.5 Å². The summed E-state index contributed by atoms with van der Waals surface area (Å²) in [6, 6.07) is 11.5. The van der Waals surface area contributed by atoms with E-state index < -0.39 is 29.7 Å². The molecule has 156 valence electrons. The maximum atomic E-state index is 12.8. The third kappa shape index (κ3) is 5.58. The Morgan fingerprint density at radius 1 is 1.07 bits per heavy atom. The van der Waals surface area contributed by atoms with Gasteiger partial charge in [-0.3, -0.25) is 4.79 Å². The topological polar surface area (TPSA) is 55.4 Å². The van der Waals surface area contributed by atoms with Gasteiger partial charge in [-0.15, -0.1) is 22.7 Å². The lowest BCUT2D eigenvalue weighted by Gasteiger charge is -2.15. The van der Waals surface area contributed by atoms with Gasteiger partial charge in [0, 0.05) is 15.4 Å². The largest absolute Gasteiger partial charge is 0.449 e. The summed E-state index contributed by atoms with van der Waals surface area (Å²) in [6.45, 7) is 1.36. The molecule has 2 aromatic heterocycles. The predicted octanol–water partition coefficient (Wildman–Crippen LogP) is 5.94. The van der Waals surface area contributed by atoms with Crippen LogP contribution in [-0.4, -0.2) is 18.0 Å². The van der Waals surface area contributed by atoms with E-state index in [-0.39, 0.29) is 5.69 Å². The number of hydrogen-bond donors (Lipinski definition) is 1. The number of alkyl halides is 3. The zero-order valence-electron chi connectivity index (χ0n) is 15.6. The number of rotatable bonds is 6. The van der Waals surface area contributed by atoms with Crippen LogP contribution in [0.3, 0.4) is 0 Å². The van der Waals surface area contributed by atoms with Crippen LogP contribution in [0.15, 0.2) is 59.3 Å². The summed E-state index contributed by atoms with van der Waals surface area (Å²) in [5.74, 6) is -1.43. The van der Waals surface area contributed by atoms with Gasteiger partial charge in [-0.25, -0.2) is 4.79 Å². The van der Waals surface area contributed by atoms with Crippen LogP contribution in [0.25, 0.3) is 11.6 Å². The summed E-state index contributed by atoms with van der Waals surface area (Å²) in [5.41, 5.74) is -0.625. The molecule has 0 aliphatic carbocycles. The monoisotopic (exact) mass is 451 g/mol. The quantitative estimate of drug-likeness (QED) is 0.373. The molecule has 0 aliphatic heterocycles. The molecule has 1 N–H and O–H groups in total. The average molecular weight is 451 g/mol. The van der Waals surface area contributed by atoms with E-state index in [2.05, 4.69) is 5.32 Å². The van der Waals surface area contributed by atoms with Crippen molar-refractivity contribution in [3.05, 3.63) is 74.6 Å². The molecule has 3 aromatic rings. The van der Waals surface area contributed by atoms with Crippen LogP contribution in [0.1, 0.15) is 22.2 Å². The van der Waals surface area contributed by atoms with Gasteiger partial charge in [-0.05, 0) is 54.1 Å². The Bertz CT molecular complexity index is 1040. The lowest BCUT2D eigenvalue weighted by molar-refractivity contribution is -0.147. The summed E-state index contributed by atoms with van der Waals surface area (Å²) in [4.78, 5) is 26.6. The number of carbonyl (C=O) groups excluding carboxylic acids is 2. The van der Waals surface area contributed by atoms with Crippen molar-refractivity contribution in [1.29, 1.82) is 0 Å². The van der Waals surface area contributed by atoms with Crippen molar-refractivity contribution in [1.82, 2.24) is 0 Å². The summed E-state index contributed by atoms with van der Waals surface area (Å²) in [7, 11) is 0. The Balaban J connectivity index is 1.71. The van der Waals surface area contributed by atoms with Crippen LogP contribution in [0.5, 0.6) is 0 Å². The maximum Gasteiger partial charge on any atom is 0.416 e. The molecule has 1 aromatic carbocycles. The number of amides is 1. The number of nitrogens with one attached hydrogen (secondary N) is 1. The number of ether oxygens (including phenoxy) is 1. The number of thiophene rings is 2. The first-order valence-corrected chi connectivity index (χ1v) is 10.5. The van der Waals surface area contributed by atoms with Gasteiger partial charge >= 0.3 is 12.1 Å². The Labute approximate surface area is 178 Å². The van der Waals surface area contributed by atoms with Gasteiger partial charge in [0.05, 0.1) is 11.1 Å². The van der Waals surface area contributed by atoms with E-state index in [1.165, 1.54) is 41.7 Å². The van der Waals surface area contributed by atoms with Crippen LogP contribution in [0, 0.1) is 0 Å². The Morgan fingerprint density at radius 3 is 2.43 bits per heavy atom. The van der Waals surface area contributed by atoms with Crippen molar-refractivity contribution in [2.24, 2.45) is 0 Å². The number of halogens is 3. The van der Waals surface area contributed by atoms with Crippen molar-refractivity contribution >= 4 is 51.9 Å². The fourth-order valence-corrected chi connectivity index (χ4v) is 3.86. The van der Waals surface area contributed by atoms with Gasteiger partial charge in [0.1, 0.15) is 0 Å². The van der Waals surface area contributed by atoms with E-state index in [1.807, 2.05) is 22.9 Å². The summed E-state index contributed by atoms with van der Waals surface area (Å²) >= 11 is 2.80. The second-order valence-corrected chi connectivity index (χ2v) is 8.09. The highest BCUT2D eigenvalue weighted by molar-refractivity contribution is 7.12. The highest BCUT2D eigenvalue weighted by Gasteiger charge is 2.30. The first-order chi connectivity index (χ1) is 14.2. The van der Waals surface area contributed by atoms with Crippen LogP contribution in [0.4, 0.5) is 18.9 Å². The number of hydrogen-bond acceptors (Lipinski definition) is 5. The SMILES string of the molecule is CC(OC(=O)/C(=C/c1cccs1)c1cccs1)C(=O)Nc1cccc(C(F)(F)F)c1. The van der Waals surface area contributed by atoms with Gasteiger partial charge in [0.25, 0.3) is 5.91 Å². The average Bonchev–Trinajstić information content (AvgIpc) is 3.39. The zero-order valence-corrected chi connectivity index (χ0v) is 17.2. The highest BCUT2D eigenvalue weighted by atomic mass is 32.1. The number of benzene rings is 1. The lowest BCUT2D eigenvalue weighted by Crippen LogP contribution is -2.30. The molecule has 3 rings (SSSR count). The predicted molar refractivity (Wildman–Crippen MR) is 112 cm³/mol. The van der Waals surface area contributed by atoms with E-state index in [4.69, 9.17) is 4.74 Å². The molecule has 0 aliphatic rings. The molecule has 4 nitrogen and oxygen atoms in total. The zero-order chi connectivity index (χ0) is 21.7. The van der Waals surface area contributed by atoms with Gasteiger partial charge in [-0.1, -0.05) is 18.2 Å². The maximum absolute atomic E-state index is 12.8. The molecule has 0 saturated heterocycles. The summed E-state index contributed by atoms with van der Waals surface area (Å²) in [6.07, 6.45) is -4.06. The van der Waals surface area contributed by atoms with Gasteiger partial charge in [0.15, 0.2) is 6.10 Å². The van der Waals surface area contributed by atoms with Crippen molar-refractivity contribution < 1.29 is 27.5 Å². The second kappa shape index (κ2) is 9.27. The molecule has 2 heterocycles. The molecule has 1 amide bonds. The summed E-state index contributed by atoms with van der Waals surface area (Å²) in [5, 5.41) is 6.03. The van der Waals surface area contributed by atoms with Crippen molar-refractivity contribution in [3.63, 3.8) is 0 Å². The van der Waals surface area contributed by atoms with Crippen LogP contribution >= 0.6 is 22.7 Å². The molecule has 1 atom stereocenters. The molecule has 0 saturated carbocycles. The lowest BCUT2D eigenvalue weighted by atomic mass is 10.2. The second-order valence-electron chi connectivity index (χ2n) is 6.17. The first kappa shape index (κ1) is 21.8. The minimum Gasteiger partial charge on any atom is -0.449 e. The third-order valence-corrected chi connectivity index (χ3v) is 5.67. The number of carbonyl (C=O) groups is 2. The molecular weight excluding hydrogens is 435 g/mol. The fourth-order valence-electron chi connectivity index (χ4n) is 2.47. The molecule has 0 spiro atoms. The molecule has 0 bridgehead atoms. The number of esters is 1. The normalized spacial score (nSPS) is 13.0. The highest BCUT2D eigenvalue weighted by Crippen LogP contribution is 2.31. The molecule has 9 heteroatoms. The molecule has 1 unspecified atom stereocenters. The van der Waals surface area contributed by atoms with E-state index in [9.17, 15) is 22.8 Å². The Hall–Kier alpha value is -2.91. The standard InChI is InChI=1S/C21H16F3NO3S2/c1-13(19(26)25-15-6-2-5-14(11-15)21(22,23)24)28-20(27)17(18-8-4-10-30-18)12-16-7-3-9-29-16/h2-13H,1H3,(H,25,26)/b17-12+. The molecule has 0 radical (unpaired) electrons.